The highest BCUT2D eigenvalue weighted by Crippen LogP contribution is 2.17. The van der Waals surface area contributed by atoms with Crippen molar-refractivity contribution >= 4 is 11.7 Å². The van der Waals surface area contributed by atoms with Crippen molar-refractivity contribution in [1.29, 1.82) is 0 Å². The Kier molecular flexibility index (Phi) is 4.92. The highest BCUT2D eigenvalue weighted by molar-refractivity contribution is 5.73. The molecule has 6 heteroatoms. The highest BCUT2D eigenvalue weighted by atomic mass is 16.5. The summed E-state index contributed by atoms with van der Waals surface area (Å²) >= 11 is 0. The molecule has 2 aromatic rings. The smallest absolute Gasteiger partial charge is 0.323 e. The van der Waals surface area contributed by atoms with Crippen LogP contribution in [0.25, 0.3) is 0 Å². The first kappa shape index (κ1) is 15.0. The zero-order valence-electron chi connectivity index (χ0n) is 12.2. The summed E-state index contributed by atoms with van der Waals surface area (Å²) in [5.41, 5.74) is 1.94. The second-order valence-corrected chi connectivity index (χ2v) is 4.94. The Hall–Kier alpha value is -2.37. The number of aromatic nitrogens is 2. The number of hydrogen-bond donors (Lipinski definition) is 1. The largest absolute Gasteiger partial charge is 0.480 e. The molecule has 1 heterocycles. The first-order valence-corrected chi connectivity index (χ1v) is 6.93. The Labute approximate surface area is 123 Å². The molecular formula is C15H19N3O3. The van der Waals surface area contributed by atoms with Crippen LogP contribution >= 0.6 is 0 Å². The molecule has 1 aromatic heterocycles. The van der Waals surface area contributed by atoms with E-state index in [4.69, 9.17) is 9.63 Å². The van der Waals surface area contributed by atoms with Gasteiger partial charge >= 0.3 is 5.97 Å². The third kappa shape index (κ3) is 4.30. The van der Waals surface area contributed by atoms with Crippen molar-refractivity contribution in [3.05, 3.63) is 41.5 Å². The minimum absolute atomic E-state index is 0.117. The molecule has 0 aliphatic heterocycles. The van der Waals surface area contributed by atoms with Gasteiger partial charge in [0.25, 0.3) is 0 Å². The molecule has 6 nitrogen and oxygen atoms in total. The minimum atomic E-state index is -0.899. The number of benzene rings is 1. The van der Waals surface area contributed by atoms with Crippen molar-refractivity contribution in [2.45, 2.75) is 33.2 Å². The summed E-state index contributed by atoms with van der Waals surface area (Å²) in [4.78, 5) is 17.0. The van der Waals surface area contributed by atoms with Crippen molar-refractivity contribution in [3.63, 3.8) is 0 Å². The molecular weight excluding hydrogens is 270 g/mol. The average molecular weight is 289 g/mol. The molecule has 0 aliphatic rings. The number of carboxylic acids is 1. The normalized spacial score (nSPS) is 10.6. The summed E-state index contributed by atoms with van der Waals surface area (Å²) in [5.74, 6) is 0.191. The fourth-order valence-corrected chi connectivity index (χ4v) is 2.00. The standard InChI is InChI=1S/C15H19N3O3/c1-3-4-13-16-14(21-17-13)9-18(10-15(19)20)12-7-5-11(2)6-8-12/h5-8H,3-4,9-10H2,1-2H3,(H,19,20). The fourth-order valence-electron chi connectivity index (χ4n) is 2.00. The van der Waals surface area contributed by atoms with Crippen LogP contribution in [0.5, 0.6) is 0 Å². The van der Waals surface area contributed by atoms with E-state index < -0.39 is 5.97 Å². The van der Waals surface area contributed by atoms with Crippen molar-refractivity contribution < 1.29 is 14.4 Å². The van der Waals surface area contributed by atoms with Gasteiger partial charge in [-0.2, -0.15) is 4.98 Å². The van der Waals surface area contributed by atoms with E-state index in [0.29, 0.717) is 11.7 Å². The van der Waals surface area contributed by atoms with Gasteiger partial charge < -0.3 is 14.5 Å². The van der Waals surface area contributed by atoms with Crippen LogP contribution in [0.3, 0.4) is 0 Å². The third-order valence-electron chi connectivity index (χ3n) is 3.04. The number of aliphatic carboxylic acids is 1. The maximum Gasteiger partial charge on any atom is 0.323 e. The maximum atomic E-state index is 11.0. The van der Waals surface area contributed by atoms with Gasteiger partial charge in [-0.15, -0.1) is 0 Å². The molecule has 0 radical (unpaired) electrons. The molecule has 0 saturated heterocycles. The summed E-state index contributed by atoms with van der Waals surface area (Å²) in [7, 11) is 0. The van der Waals surface area contributed by atoms with E-state index in [2.05, 4.69) is 10.1 Å². The second-order valence-electron chi connectivity index (χ2n) is 4.94. The summed E-state index contributed by atoms with van der Waals surface area (Å²) in [6.07, 6.45) is 1.70. The molecule has 0 amide bonds. The topological polar surface area (TPSA) is 79.5 Å². The second kappa shape index (κ2) is 6.88. The number of anilines is 1. The first-order chi connectivity index (χ1) is 10.1. The van der Waals surface area contributed by atoms with E-state index in [9.17, 15) is 4.79 Å². The molecule has 0 atom stereocenters. The van der Waals surface area contributed by atoms with Crippen LogP contribution in [-0.2, 0) is 17.8 Å². The molecule has 1 N–H and O–H groups in total. The Balaban J connectivity index is 2.15. The van der Waals surface area contributed by atoms with E-state index in [-0.39, 0.29) is 13.1 Å². The summed E-state index contributed by atoms with van der Waals surface area (Å²) in [6.45, 7) is 4.19. The van der Waals surface area contributed by atoms with Gasteiger partial charge in [-0.25, -0.2) is 0 Å². The zero-order chi connectivity index (χ0) is 15.2. The van der Waals surface area contributed by atoms with Crippen molar-refractivity contribution in [2.75, 3.05) is 11.4 Å². The lowest BCUT2D eigenvalue weighted by molar-refractivity contribution is -0.135. The molecule has 0 bridgehead atoms. The number of rotatable bonds is 7. The number of nitrogens with zero attached hydrogens (tertiary/aromatic N) is 3. The SMILES string of the molecule is CCCc1noc(CN(CC(=O)O)c2ccc(C)cc2)n1. The Morgan fingerprint density at radius 2 is 2.05 bits per heavy atom. The van der Waals surface area contributed by atoms with Crippen LogP contribution < -0.4 is 4.90 Å². The molecule has 0 saturated carbocycles. The van der Waals surface area contributed by atoms with Crippen LogP contribution in [-0.4, -0.2) is 27.8 Å². The Bertz CT molecular complexity index is 592. The van der Waals surface area contributed by atoms with E-state index in [1.807, 2.05) is 38.1 Å². The van der Waals surface area contributed by atoms with Crippen LogP contribution in [0.15, 0.2) is 28.8 Å². The molecule has 1 aromatic carbocycles. The molecule has 0 aliphatic carbocycles. The molecule has 2 rings (SSSR count). The van der Waals surface area contributed by atoms with E-state index in [0.717, 1.165) is 24.1 Å². The van der Waals surface area contributed by atoms with Crippen LogP contribution in [0, 0.1) is 6.92 Å². The third-order valence-corrected chi connectivity index (χ3v) is 3.04. The zero-order valence-corrected chi connectivity index (χ0v) is 12.2. The number of hydrogen-bond acceptors (Lipinski definition) is 5. The minimum Gasteiger partial charge on any atom is -0.480 e. The van der Waals surface area contributed by atoms with Gasteiger partial charge in [0.15, 0.2) is 5.82 Å². The van der Waals surface area contributed by atoms with Crippen molar-refractivity contribution in [2.24, 2.45) is 0 Å². The first-order valence-electron chi connectivity index (χ1n) is 6.93. The van der Waals surface area contributed by atoms with Gasteiger partial charge in [-0.3, -0.25) is 4.79 Å². The highest BCUT2D eigenvalue weighted by Gasteiger charge is 2.15. The molecule has 0 fully saturated rings. The van der Waals surface area contributed by atoms with Crippen LogP contribution in [0.2, 0.25) is 0 Å². The summed E-state index contributed by atoms with van der Waals surface area (Å²) in [5, 5.41) is 12.9. The predicted molar refractivity (Wildman–Crippen MR) is 78.2 cm³/mol. The van der Waals surface area contributed by atoms with Crippen LogP contribution in [0.4, 0.5) is 5.69 Å². The fraction of sp³-hybridized carbons (Fsp3) is 0.400. The molecule has 0 spiro atoms. The van der Waals surface area contributed by atoms with Gasteiger partial charge in [0.1, 0.15) is 6.54 Å². The van der Waals surface area contributed by atoms with E-state index >= 15 is 0 Å². The maximum absolute atomic E-state index is 11.0. The van der Waals surface area contributed by atoms with Gasteiger partial charge in [0.05, 0.1) is 6.54 Å². The number of carboxylic acid groups (broad SMARTS) is 1. The van der Waals surface area contributed by atoms with Gasteiger partial charge in [-0.05, 0) is 25.5 Å². The Morgan fingerprint density at radius 3 is 2.67 bits per heavy atom. The summed E-state index contributed by atoms with van der Waals surface area (Å²) < 4.78 is 5.18. The molecule has 112 valence electrons. The Morgan fingerprint density at radius 1 is 1.33 bits per heavy atom. The van der Waals surface area contributed by atoms with E-state index in [1.165, 1.54) is 0 Å². The van der Waals surface area contributed by atoms with Gasteiger partial charge in [0.2, 0.25) is 5.89 Å². The predicted octanol–water partition coefficient (Wildman–Crippen LogP) is 2.42. The average Bonchev–Trinajstić information content (AvgIpc) is 2.86. The van der Waals surface area contributed by atoms with Gasteiger partial charge in [0, 0.05) is 12.1 Å². The quantitative estimate of drug-likeness (QED) is 0.843. The number of aryl methyl sites for hydroxylation is 2. The monoisotopic (exact) mass is 289 g/mol. The lowest BCUT2D eigenvalue weighted by atomic mass is 10.2. The molecule has 21 heavy (non-hydrogen) atoms. The van der Waals surface area contributed by atoms with Crippen molar-refractivity contribution in [1.82, 2.24) is 10.1 Å². The lowest BCUT2D eigenvalue weighted by Gasteiger charge is -2.20. The van der Waals surface area contributed by atoms with Gasteiger partial charge in [-0.1, -0.05) is 29.8 Å². The summed E-state index contributed by atoms with van der Waals surface area (Å²) in [6, 6.07) is 7.67. The van der Waals surface area contributed by atoms with Crippen LogP contribution in [0.1, 0.15) is 30.6 Å². The van der Waals surface area contributed by atoms with Crippen molar-refractivity contribution in [3.8, 4) is 0 Å². The molecule has 0 unspecified atom stereocenters. The van der Waals surface area contributed by atoms with E-state index in [1.54, 1.807) is 4.90 Å². The lowest BCUT2D eigenvalue weighted by Crippen LogP contribution is -2.29. The number of carbonyl (C=O) groups is 1.